The number of amides is 1. The van der Waals surface area contributed by atoms with Gasteiger partial charge >= 0.3 is 5.69 Å². The van der Waals surface area contributed by atoms with Gasteiger partial charge in [-0.3, -0.25) is 24.0 Å². The molecule has 2 heterocycles. The standard InChI is InChI=1S/C25H31FN6O3/c1-3-5-15-30(21-22(27)31(14-4-2)25(35)28-23(21)33)24(34)20-18-8-6-7-9-19(18)32(29-20)17-12-10-16(26)11-13-17/h10-13H,3-9,14-15,27H2,1-2H3,(H,28,33,35). The van der Waals surface area contributed by atoms with Crippen LogP contribution in [0.4, 0.5) is 15.9 Å². The lowest BCUT2D eigenvalue weighted by atomic mass is 9.95. The quantitative estimate of drug-likeness (QED) is 0.511. The van der Waals surface area contributed by atoms with Crippen LogP contribution in [0.5, 0.6) is 0 Å². The summed E-state index contributed by atoms with van der Waals surface area (Å²) in [5.74, 6) is -0.818. The maximum atomic E-state index is 14.0. The lowest BCUT2D eigenvalue weighted by Crippen LogP contribution is -2.42. The van der Waals surface area contributed by atoms with Crippen molar-refractivity contribution in [3.8, 4) is 5.69 Å². The highest BCUT2D eigenvalue weighted by molar-refractivity contribution is 6.07. The predicted molar refractivity (Wildman–Crippen MR) is 133 cm³/mol. The molecule has 9 nitrogen and oxygen atoms in total. The Morgan fingerprint density at radius 3 is 2.54 bits per heavy atom. The largest absolute Gasteiger partial charge is 0.383 e. The first-order valence-corrected chi connectivity index (χ1v) is 12.2. The average Bonchev–Trinajstić information content (AvgIpc) is 3.23. The summed E-state index contributed by atoms with van der Waals surface area (Å²) in [5.41, 5.74) is 7.64. The van der Waals surface area contributed by atoms with Crippen molar-refractivity contribution in [2.45, 2.75) is 65.3 Å². The zero-order chi connectivity index (χ0) is 25.1. The fraction of sp³-hybridized carbons (Fsp3) is 0.440. The third kappa shape index (κ3) is 4.65. The Balaban J connectivity index is 1.86. The second kappa shape index (κ2) is 10.3. The Bertz CT molecular complexity index is 1340. The molecular formula is C25H31FN6O3. The summed E-state index contributed by atoms with van der Waals surface area (Å²) in [6.45, 7) is 4.45. The van der Waals surface area contributed by atoms with Crippen molar-refractivity contribution in [3.63, 3.8) is 0 Å². The Morgan fingerprint density at radius 2 is 1.86 bits per heavy atom. The maximum absolute atomic E-state index is 14.0. The van der Waals surface area contributed by atoms with Gasteiger partial charge in [-0.05, 0) is 62.8 Å². The van der Waals surface area contributed by atoms with Crippen LogP contribution in [0.1, 0.15) is 67.7 Å². The van der Waals surface area contributed by atoms with E-state index in [1.807, 2.05) is 13.8 Å². The number of rotatable bonds is 8. The van der Waals surface area contributed by atoms with Gasteiger partial charge in [0.05, 0.1) is 5.69 Å². The van der Waals surface area contributed by atoms with Crippen LogP contribution in [0.3, 0.4) is 0 Å². The molecular weight excluding hydrogens is 451 g/mol. The first-order valence-electron chi connectivity index (χ1n) is 12.2. The molecule has 35 heavy (non-hydrogen) atoms. The highest BCUT2D eigenvalue weighted by Gasteiger charge is 2.31. The summed E-state index contributed by atoms with van der Waals surface area (Å²) in [4.78, 5) is 42.9. The topological polar surface area (TPSA) is 119 Å². The Morgan fingerprint density at radius 1 is 1.14 bits per heavy atom. The van der Waals surface area contributed by atoms with Crippen molar-refractivity contribution in [1.29, 1.82) is 0 Å². The average molecular weight is 483 g/mol. The van der Waals surface area contributed by atoms with Gasteiger partial charge in [0.2, 0.25) is 0 Å². The van der Waals surface area contributed by atoms with Crippen LogP contribution in [0, 0.1) is 5.82 Å². The number of halogens is 1. The monoisotopic (exact) mass is 482 g/mol. The van der Waals surface area contributed by atoms with E-state index in [2.05, 4.69) is 10.1 Å². The van der Waals surface area contributed by atoms with E-state index < -0.39 is 17.2 Å². The van der Waals surface area contributed by atoms with Crippen LogP contribution in [0.25, 0.3) is 5.69 Å². The molecule has 4 rings (SSSR count). The SMILES string of the molecule is CCCCN(C(=O)c1nn(-c2ccc(F)cc2)c2c1CCCC2)c1c(N)n(CCC)c(=O)[nH]c1=O. The van der Waals surface area contributed by atoms with E-state index in [9.17, 15) is 18.8 Å². The van der Waals surface area contributed by atoms with Gasteiger partial charge in [-0.2, -0.15) is 5.10 Å². The van der Waals surface area contributed by atoms with E-state index in [4.69, 9.17) is 5.73 Å². The van der Waals surface area contributed by atoms with Gasteiger partial charge in [0.1, 0.15) is 11.6 Å². The number of aromatic amines is 1. The molecule has 0 bridgehead atoms. The highest BCUT2D eigenvalue weighted by atomic mass is 19.1. The molecule has 3 N–H and O–H groups in total. The summed E-state index contributed by atoms with van der Waals surface area (Å²) in [7, 11) is 0. The van der Waals surface area contributed by atoms with Crippen LogP contribution in [-0.2, 0) is 19.4 Å². The Labute approximate surface area is 202 Å². The maximum Gasteiger partial charge on any atom is 0.330 e. The molecule has 0 fully saturated rings. The van der Waals surface area contributed by atoms with Gasteiger partial charge < -0.3 is 5.73 Å². The zero-order valence-electron chi connectivity index (χ0n) is 20.1. The van der Waals surface area contributed by atoms with Gasteiger partial charge in [-0.15, -0.1) is 0 Å². The molecule has 0 unspecified atom stereocenters. The van der Waals surface area contributed by atoms with E-state index in [0.29, 0.717) is 31.5 Å². The first-order chi connectivity index (χ1) is 16.9. The molecule has 0 saturated carbocycles. The Kier molecular flexibility index (Phi) is 7.18. The predicted octanol–water partition coefficient (Wildman–Crippen LogP) is 3.18. The molecule has 10 heteroatoms. The molecule has 0 spiro atoms. The molecule has 1 aliphatic carbocycles. The van der Waals surface area contributed by atoms with Gasteiger partial charge in [-0.25, -0.2) is 13.9 Å². The van der Waals surface area contributed by atoms with Crippen molar-refractivity contribution < 1.29 is 9.18 Å². The van der Waals surface area contributed by atoms with Gasteiger partial charge in [0.15, 0.2) is 11.4 Å². The number of nitrogen functional groups attached to an aromatic ring is 1. The lowest BCUT2D eigenvalue weighted by Gasteiger charge is -2.24. The van der Waals surface area contributed by atoms with Crippen molar-refractivity contribution in [2.24, 2.45) is 0 Å². The highest BCUT2D eigenvalue weighted by Crippen LogP contribution is 2.29. The number of carbonyl (C=O) groups is 1. The minimum atomic E-state index is -0.698. The van der Waals surface area contributed by atoms with Crippen molar-refractivity contribution in [2.75, 3.05) is 17.2 Å². The van der Waals surface area contributed by atoms with Crippen molar-refractivity contribution in [1.82, 2.24) is 19.3 Å². The number of aromatic nitrogens is 4. The molecule has 1 aliphatic rings. The third-order valence-corrected chi connectivity index (χ3v) is 6.37. The lowest BCUT2D eigenvalue weighted by molar-refractivity contribution is 0.0980. The second-order valence-corrected chi connectivity index (χ2v) is 8.82. The summed E-state index contributed by atoms with van der Waals surface area (Å²) in [6.07, 6.45) is 5.36. The number of hydrogen-bond acceptors (Lipinski definition) is 5. The smallest absolute Gasteiger partial charge is 0.330 e. The number of nitrogens with zero attached hydrogens (tertiary/aromatic N) is 4. The number of hydrogen-bond donors (Lipinski definition) is 2. The number of unbranched alkanes of at least 4 members (excludes halogenated alkanes) is 1. The van der Waals surface area contributed by atoms with Crippen LogP contribution in [0.15, 0.2) is 33.9 Å². The molecule has 186 valence electrons. The molecule has 1 amide bonds. The number of benzene rings is 1. The van der Waals surface area contributed by atoms with E-state index in [1.165, 1.54) is 21.6 Å². The molecule has 0 aliphatic heterocycles. The van der Waals surface area contributed by atoms with E-state index in [-0.39, 0.29) is 29.6 Å². The minimum absolute atomic E-state index is 0.0302. The molecule has 0 radical (unpaired) electrons. The number of carbonyl (C=O) groups excluding carboxylic acids is 1. The molecule has 1 aromatic carbocycles. The fourth-order valence-electron chi connectivity index (χ4n) is 4.61. The summed E-state index contributed by atoms with van der Waals surface area (Å²) in [6, 6.07) is 5.98. The normalized spacial score (nSPS) is 13.0. The third-order valence-electron chi connectivity index (χ3n) is 6.37. The van der Waals surface area contributed by atoms with Gasteiger partial charge in [-0.1, -0.05) is 20.3 Å². The van der Waals surface area contributed by atoms with Crippen LogP contribution >= 0.6 is 0 Å². The van der Waals surface area contributed by atoms with Crippen molar-refractivity contribution >= 4 is 17.4 Å². The molecule has 3 aromatic rings. The Hall–Kier alpha value is -3.69. The van der Waals surface area contributed by atoms with Crippen LogP contribution in [0.2, 0.25) is 0 Å². The zero-order valence-corrected chi connectivity index (χ0v) is 20.1. The number of nitrogens with one attached hydrogen (secondary N) is 1. The number of H-pyrrole nitrogens is 1. The van der Waals surface area contributed by atoms with E-state index in [1.54, 1.807) is 16.8 Å². The number of anilines is 2. The number of fused-ring (bicyclic) bond motifs is 1. The minimum Gasteiger partial charge on any atom is -0.383 e. The van der Waals surface area contributed by atoms with Crippen LogP contribution < -0.4 is 21.9 Å². The molecule has 2 aromatic heterocycles. The summed E-state index contributed by atoms with van der Waals surface area (Å²) < 4.78 is 16.5. The van der Waals surface area contributed by atoms with Gasteiger partial charge in [0, 0.05) is 24.3 Å². The molecule has 0 atom stereocenters. The van der Waals surface area contributed by atoms with E-state index >= 15 is 0 Å². The van der Waals surface area contributed by atoms with Gasteiger partial charge in [0.25, 0.3) is 11.5 Å². The summed E-state index contributed by atoms with van der Waals surface area (Å²) in [5, 5.41) is 4.66. The van der Waals surface area contributed by atoms with Crippen LogP contribution in [-0.4, -0.2) is 31.8 Å². The fourth-order valence-corrected chi connectivity index (χ4v) is 4.61. The second-order valence-electron chi connectivity index (χ2n) is 8.82. The summed E-state index contributed by atoms with van der Waals surface area (Å²) >= 11 is 0. The number of nitrogens with two attached hydrogens (primary N) is 1. The first kappa shape index (κ1) is 24.4. The van der Waals surface area contributed by atoms with E-state index in [0.717, 1.165) is 36.9 Å². The van der Waals surface area contributed by atoms with Crippen molar-refractivity contribution in [3.05, 3.63) is 67.9 Å². The molecule has 0 saturated heterocycles.